The van der Waals surface area contributed by atoms with Crippen LogP contribution >= 0.6 is 0 Å². The third kappa shape index (κ3) is 4.06. The van der Waals surface area contributed by atoms with Gasteiger partial charge in [-0.3, -0.25) is 14.8 Å². The van der Waals surface area contributed by atoms with Crippen LogP contribution in [0.3, 0.4) is 0 Å². The Bertz CT molecular complexity index is 1180. The van der Waals surface area contributed by atoms with Gasteiger partial charge in [-0.25, -0.2) is 9.97 Å². The van der Waals surface area contributed by atoms with Crippen LogP contribution in [0, 0.1) is 13.8 Å². The second-order valence-electron chi connectivity index (χ2n) is 6.68. The Labute approximate surface area is 168 Å². The van der Waals surface area contributed by atoms with E-state index in [4.69, 9.17) is 10.8 Å². The third-order valence-electron chi connectivity index (χ3n) is 4.46. The number of rotatable bonds is 2. The largest absolute Gasteiger partial charge is 0.508 e. The molecule has 0 fully saturated rings. The second kappa shape index (κ2) is 8.05. The molecule has 148 valence electrons. The van der Waals surface area contributed by atoms with Gasteiger partial charge in [0.15, 0.2) is 11.4 Å². The number of nitrogen functional groups attached to an aromatic ring is 1. The van der Waals surface area contributed by atoms with Crippen LogP contribution in [-0.4, -0.2) is 35.4 Å². The molecule has 0 spiro atoms. The van der Waals surface area contributed by atoms with Crippen LogP contribution in [0.5, 0.6) is 5.75 Å². The van der Waals surface area contributed by atoms with E-state index in [-0.39, 0.29) is 5.78 Å². The van der Waals surface area contributed by atoms with Crippen LogP contribution in [0.25, 0.3) is 22.6 Å². The maximum absolute atomic E-state index is 11.8. The first-order valence-corrected chi connectivity index (χ1v) is 8.94. The summed E-state index contributed by atoms with van der Waals surface area (Å²) in [6.07, 6.45) is 6.34. The van der Waals surface area contributed by atoms with Crippen molar-refractivity contribution in [3.05, 3.63) is 59.7 Å². The molecule has 3 heterocycles. The fourth-order valence-electron chi connectivity index (χ4n) is 2.91. The van der Waals surface area contributed by atoms with Gasteiger partial charge in [-0.2, -0.15) is 0 Å². The quantitative estimate of drug-likeness (QED) is 0.504. The maximum Gasteiger partial charge on any atom is 0.165 e. The van der Waals surface area contributed by atoms with E-state index in [1.807, 2.05) is 26.0 Å². The number of benzene rings is 1. The number of aromatic nitrogens is 5. The normalized spacial score (nSPS) is 10.5. The molecule has 4 aromatic rings. The lowest BCUT2D eigenvalue weighted by Gasteiger charge is -2.00. The summed E-state index contributed by atoms with van der Waals surface area (Å²) in [5, 5.41) is 9.04. The molecule has 8 heteroatoms. The van der Waals surface area contributed by atoms with Crippen molar-refractivity contribution in [3.63, 3.8) is 0 Å². The number of aryl methyl sites for hydroxylation is 3. The SMILES string of the molecule is CC(=O)c1c(N)n(C)c2ncc(-c3cnccn3)nc12.Cc1ccc(O)c(C)c1. The summed E-state index contributed by atoms with van der Waals surface area (Å²) < 4.78 is 1.65. The molecule has 0 unspecified atom stereocenters. The summed E-state index contributed by atoms with van der Waals surface area (Å²) in [7, 11) is 1.75. The first-order chi connectivity index (χ1) is 13.8. The van der Waals surface area contributed by atoms with Gasteiger partial charge in [-0.1, -0.05) is 17.7 Å². The van der Waals surface area contributed by atoms with E-state index in [1.165, 1.54) is 12.5 Å². The van der Waals surface area contributed by atoms with Crippen LogP contribution < -0.4 is 5.73 Å². The summed E-state index contributed by atoms with van der Waals surface area (Å²) in [5.74, 6) is 0.600. The predicted octanol–water partition coefficient (Wildman–Crippen LogP) is 3.22. The summed E-state index contributed by atoms with van der Waals surface area (Å²) in [6.45, 7) is 5.36. The lowest BCUT2D eigenvalue weighted by molar-refractivity contribution is 0.102. The Balaban J connectivity index is 0.000000224. The molecule has 0 aliphatic heterocycles. The number of ketones is 1. The summed E-state index contributed by atoms with van der Waals surface area (Å²) in [5.41, 5.74) is 10.7. The molecule has 4 rings (SSSR count). The van der Waals surface area contributed by atoms with Gasteiger partial charge in [0, 0.05) is 19.4 Å². The number of Topliss-reactive ketones (excluding diaryl/α,β-unsaturated/α-hetero) is 1. The highest BCUT2D eigenvalue weighted by Crippen LogP contribution is 2.26. The van der Waals surface area contributed by atoms with Crippen LogP contribution in [0.4, 0.5) is 5.82 Å². The van der Waals surface area contributed by atoms with Crippen molar-refractivity contribution in [2.45, 2.75) is 20.8 Å². The van der Waals surface area contributed by atoms with Gasteiger partial charge in [0.05, 0.1) is 18.0 Å². The minimum absolute atomic E-state index is 0.140. The van der Waals surface area contributed by atoms with Crippen molar-refractivity contribution in [3.8, 4) is 17.1 Å². The highest BCUT2D eigenvalue weighted by Gasteiger charge is 2.19. The maximum atomic E-state index is 11.8. The molecule has 0 radical (unpaired) electrons. The molecule has 0 atom stereocenters. The highest BCUT2D eigenvalue weighted by atomic mass is 16.3. The van der Waals surface area contributed by atoms with E-state index in [0.29, 0.717) is 39.7 Å². The van der Waals surface area contributed by atoms with Crippen LogP contribution in [0.1, 0.15) is 28.4 Å². The van der Waals surface area contributed by atoms with Crippen molar-refractivity contribution in [2.75, 3.05) is 5.73 Å². The average Bonchev–Trinajstić information content (AvgIpc) is 2.96. The molecule has 0 aliphatic rings. The van der Waals surface area contributed by atoms with Crippen LogP contribution in [0.15, 0.2) is 43.0 Å². The molecule has 0 amide bonds. The number of nitrogens with zero attached hydrogens (tertiary/aromatic N) is 5. The van der Waals surface area contributed by atoms with Crippen LogP contribution in [-0.2, 0) is 7.05 Å². The fourth-order valence-corrected chi connectivity index (χ4v) is 2.91. The first kappa shape index (κ1) is 19.9. The van der Waals surface area contributed by atoms with E-state index < -0.39 is 0 Å². The number of carbonyl (C=O) groups is 1. The van der Waals surface area contributed by atoms with Crippen molar-refractivity contribution in [1.82, 2.24) is 24.5 Å². The van der Waals surface area contributed by atoms with Gasteiger partial charge in [0.25, 0.3) is 0 Å². The molecular weight excluding hydrogens is 368 g/mol. The number of hydrogen-bond donors (Lipinski definition) is 2. The summed E-state index contributed by atoms with van der Waals surface area (Å²) in [6, 6.07) is 5.56. The summed E-state index contributed by atoms with van der Waals surface area (Å²) in [4.78, 5) is 28.7. The lowest BCUT2D eigenvalue weighted by Crippen LogP contribution is -2.01. The number of fused-ring (bicyclic) bond motifs is 1. The number of nitrogens with two attached hydrogens (primary N) is 1. The van der Waals surface area contributed by atoms with Gasteiger partial charge in [-0.15, -0.1) is 0 Å². The molecule has 3 aromatic heterocycles. The topological polar surface area (TPSA) is 120 Å². The Morgan fingerprint density at radius 1 is 1.10 bits per heavy atom. The molecule has 0 bridgehead atoms. The molecular formula is C21H22N6O2. The summed E-state index contributed by atoms with van der Waals surface area (Å²) >= 11 is 0. The van der Waals surface area contributed by atoms with Gasteiger partial charge in [-0.05, 0) is 32.4 Å². The Morgan fingerprint density at radius 2 is 1.86 bits per heavy atom. The zero-order chi connectivity index (χ0) is 21.1. The average molecular weight is 390 g/mol. The van der Waals surface area contributed by atoms with Gasteiger partial charge in [0.1, 0.15) is 28.5 Å². The minimum atomic E-state index is -0.140. The molecule has 0 saturated carbocycles. The zero-order valence-electron chi connectivity index (χ0n) is 16.7. The van der Waals surface area contributed by atoms with Gasteiger partial charge >= 0.3 is 0 Å². The van der Waals surface area contributed by atoms with E-state index in [0.717, 1.165) is 5.56 Å². The second-order valence-corrected chi connectivity index (χ2v) is 6.68. The number of aromatic hydroxyl groups is 1. The zero-order valence-corrected chi connectivity index (χ0v) is 16.7. The lowest BCUT2D eigenvalue weighted by atomic mass is 10.1. The van der Waals surface area contributed by atoms with E-state index in [9.17, 15) is 4.79 Å². The number of hydrogen-bond acceptors (Lipinski definition) is 7. The molecule has 3 N–H and O–H groups in total. The predicted molar refractivity (Wildman–Crippen MR) is 112 cm³/mol. The van der Waals surface area contributed by atoms with Gasteiger partial charge in [0.2, 0.25) is 0 Å². The van der Waals surface area contributed by atoms with E-state index in [2.05, 4.69) is 19.9 Å². The molecule has 29 heavy (non-hydrogen) atoms. The molecule has 8 nitrogen and oxygen atoms in total. The van der Waals surface area contributed by atoms with Gasteiger partial charge < -0.3 is 15.4 Å². The van der Waals surface area contributed by atoms with E-state index in [1.54, 1.807) is 42.5 Å². The first-order valence-electron chi connectivity index (χ1n) is 8.94. The monoisotopic (exact) mass is 390 g/mol. The number of carbonyl (C=O) groups excluding carboxylic acids is 1. The fraction of sp³-hybridized carbons (Fsp3) is 0.190. The Kier molecular flexibility index (Phi) is 5.54. The minimum Gasteiger partial charge on any atom is -0.508 e. The smallest absolute Gasteiger partial charge is 0.165 e. The standard InChI is InChI=1S/C13H12N6O.C8H10O/c1-7(20)10-11-13(19(2)12(10)14)17-6-9(18-11)8-5-15-3-4-16-8;1-6-3-4-8(9)7(2)5-6/h3-6H,14H2,1-2H3;3-5,9H,1-2H3. The van der Waals surface area contributed by atoms with Crippen molar-refractivity contribution in [1.29, 1.82) is 0 Å². The highest BCUT2D eigenvalue weighted by molar-refractivity contribution is 6.09. The Hall–Kier alpha value is -3.81. The van der Waals surface area contributed by atoms with E-state index >= 15 is 0 Å². The molecule has 0 saturated heterocycles. The van der Waals surface area contributed by atoms with Crippen molar-refractivity contribution in [2.24, 2.45) is 7.05 Å². The Morgan fingerprint density at radius 3 is 2.45 bits per heavy atom. The number of phenolic OH excluding ortho intramolecular Hbond substituents is 1. The molecule has 0 aliphatic carbocycles. The van der Waals surface area contributed by atoms with Crippen molar-refractivity contribution >= 4 is 22.8 Å². The molecule has 1 aromatic carbocycles. The van der Waals surface area contributed by atoms with Crippen molar-refractivity contribution < 1.29 is 9.90 Å². The number of anilines is 1. The van der Waals surface area contributed by atoms with Crippen LogP contribution in [0.2, 0.25) is 0 Å². The third-order valence-corrected chi connectivity index (χ3v) is 4.46. The number of phenols is 1.